The van der Waals surface area contributed by atoms with Gasteiger partial charge < -0.3 is 10.6 Å². The summed E-state index contributed by atoms with van der Waals surface area (Å²) in [5.74, 6) is -0.0455. The molecule has 0 unspecified atom stereocenters. The number of nitriles is 1. The van der Waals surface area contributed by atoms with Crippen molar-refractivity contribution in [1.29, 1.82) is 5.26 Å². The summed E-state index contributed by atoms with van der Waals surface area (Å²) in [5.41, 5.74) is 0.838. The van der Waals surface area contributed by atoms with Gasteiger partial charge in [0, 0.05) is 31.1 Å². The van der Waals surface area contributed by atoms with Gasteiger partial charge in [0.05, 0.1) is 11.6 Å². The summed E-state index contributed by atoms with van der Waals surface area (Å²) >= 11 is 0. The molecular weight excluding hydrogens is 245 g/mol. The maximum absolute atomic E-state index is 13.5. The summed E-state index contributed by atoms with van der Waals surface area (Å²) in [4.78, 5) is 11.3. The Morgan fingerprint density at radius 3 is 2.84 bits per heavy atom. The highest BCUT2D eigenvalue weighted by Crippen LogP contribution is 2.28. The van der Waals surface area contributed by atoms with E-state index in [0.29, 0.717) is 30.8 Å². The van der Waals surface area contributed by atoms with Gasteiger partial charge in [0.15, 0.2) is 0 Å². The van der Waals surface area contributed by atoms with E-state index in [0.717, 1.165) is 12.8 Å². The molecule has 2 N–H and O–H groups in total. The van der Waals surface area contributed by atoms with Gasteiger partial charge in [-0.1, -0.05) is 6.07 Å². The van der Waals surface area contributed by atoms with Crippen LogP contribution in [0.4, 0.5) is 4.39 Å². The Labute approximate surface area is 111 Å². The average molecular weight is 261 g/mol. The highest BCUT2D eigenvalue weighted by molar-refractivity contribution is 5.80. The van der Waals surface area contributed by atoms with Crippen LogP contribution in [0.5, 0.6) is 0 Å². The largest absolute Gasteiger partial charge is 0.355 e. The van der Waals surface area contributed by atoms with E-state index in [1.165, 1.54) is 6.07 Å². The van der Waals surface area contributed by atoms with Crippen LogP contribution in [0, 0.1) is 23.1 Å². The van der Waals surface area contributed by atoms with E-state index in [1.807, 2.05) is 6.07 Å². The van der Waals surface area contributed by atoms with Crippen LogP contribution in [-0.2, 0) is 11.3 Å². The first kappa shape index (κ1) is 13.5. The molecule has 1 aliphatic carbocycles. The fourth-order valence-corrected chi connectivity index (χ4v) is 1.75. The summed E-state index contributed by atoms with van der Waals surface area (Å²) in [6.07, 6.45) is 1.99. The number of nitrogens with zero attached hydrogens (tertiary/aromatic N) is 1. The number of hydrogen-bond donors (Lipinski definition) is 2. The summed E-state index contributed by atoms with van der Waals surface area (Å²) in [6, 6.07) is 6.31. The fourth-order valence-electron chi connectivity index (χ4n) is 1.75. The molecule has 5 heteroatoms. The van der Waals surface area contributed by atoms with E-state index in [4.69, 9.17) is 5.26 Å². The molecule has 0 atom stereocenters. The topological polar surface area (TPSA) is 64.9 Å². The molecule has 1 saturated carbocycles. The molecule has 1 fully saturated rings. The molecule has 1 aliphatic rings. The van der Waals surface area contributed by atoms with Gasteiger partial charge in [-0.15, -0.1) is 0 Å². The van der Waals surface area contributed by atoms with Gasteiger partial charge in [-0.2, -0.15) is 5.26 Å². The zero-order valence-corrected chi connectivity index (χ0v) is 10.6. The molecule has 1 amide bonds. The molecule has 1 aromatic rings. The summed E-state index contributed by atoms with van der Waals surface area (Å²) < 4.78 is 13.5. The van der Waals surface area contributed by atoms with Crippen LogP contribution in [0.25, 0.3) is 0 Å². The smallest absolute Gasteiger partial charge is 0.223 e. The number of carbonyl (C=O) groups is 1. The third-order valence-electron chi connectivity index (χ3n) is 3.05. The second-order valence-electron chi connectivity index (χ2n) is 4.66. The number of carbonyl (C=O) groups excluding carboxylic acids is 1. The molecular formula is C14H16FN3O. The van der Waals surface area contributed by atoms with E-state index < -0.39 is 0 Å². The van der Waals surface area contributed by atoms with Crippen LogP contribution in [0.15, 0.2) is 18.2 Å². The monoisotopic (exact) mass is 261 g/mol. The molecule has 1 aromatic carbocycles. The zero-order chi connectivity index (χ0) is 13.7. The normalized spacial score (nSPS) is 13.9. The summed E-state index contributed by atoms with van der Waals surface area (Å²) in [6.45, 7) is 1.53. The van der Waals surface area contributed by atoms with E-state index in [-0.39, 0.29) is 17.6 Å². The van der Waals surface area contributed by atoms with Crippen LogP contribution >= 0.6 is 0 Å². The van der Waals surface area contributed by atoms with Crippen molar-refractivity contribution in [2.45, 2.75) is 19.4 Å². The standard InChI is InChI=1S/C14H16FN3O/c15-13-7-10(8-16)1-2-12(13)9-17-5-6-18-14(19)11-3-4-11/h1-2,7,11,17H,3-6,9H2,(H,18,19). The van der Waals surface area contributed by atoms with Crippen molar-refractivity contribution in [2.75, 3.05) is 13.1 Å². The Kier molecular flexibility index (Phi) is 4.48. The maximum Gasteiger partial charge on any atom is 0.223 e. The number of amides is 1. The molecule has 2 rings (SSSR count). The first-order valence-electron chi connectivity index (χ1n) is 6.37. The van der Waals surface area contributed by atoms with Crippen molar-refractivity contribution in [3.05, 3.63) is 35.1 Å². The minimum atomic E-state index is -0.381. The van der Waals surface area contributed by atoms with Gasteiger partial charge in [0.1, 0.15) is 5.82 Å². The highest BCUT2D eigenvalue weighted by Gasteiger charge is 2.28. The van der Waals surface area contributed by atoms with Crippen LogP contribution < -0.4 is 10.6 Å². The lowest BCUT2D eigenvalue weighted by Crippen LogP contribution is -2.32. The van der Waals surface area contributed by atoms with E-state index in [1.54, 1.807) is 12.1 Å². The lowest BCUT2D eigenvalue weighted by atomic mass is 10.1. The van der Waals surface area contributed by atoms with Crippen molar-refractivity contribution in [3.63, 3.8) is 0 Å². The van der Waals surface area contributed by atoms with Gasteiger partial charge in [0.25, 0.3) is 0 Å². The Bertz CT molecular complexity index is 506. The van der Waals surface area contributed by atoms with Crippen LogP contribution in [0.3, 0.4) is 0 Å². The molecule has 0 aromatic heterocycles. The minimum Gasteiger partial charge on any atom is -0.355 e. The maximum atomic E-state index is 13.5. The fraction of sp³-hybridized carbons (Fsp3) is 0.429. The molecule has 0 heterocycles. The Balaban J connectivity index is 1.67. The first-order chi connectivity index (χ1) is 9.20. The lowest BCUT2D eigenvalue weighted by molar-refractivity contribution is -0.122. The number of nitrogens with one attached hydrogen (secondary N) is 2. The quantitative estimate of drug-likeness (QED) is 0.759. The predicted octanol–water partition coefficient (Wildman–Crippen LogP) is 1.31. The van der Waals surface area contributed by atoms with Gasteiger partial charge in [0.2, 0.25) is 5.91 Å². The van der Waals surface area contributed by atoms with Crippen molar-refractivity contribution in [3.8, 4) is 6.07 Å². The molecule has 0 spiro atoms. The third-order valence-corrected chi connectivity index (χ3v) is 3.05. The number of rotatable bonds is 6. The van der Waals surface area contributed by atoms with E-state index in [9.17, 15) is 9.18 Å². The van der Waals surface area contributed by atoms with Gasteiger partial charge in [-0.05, 0) is 25.0 Å². The molecule has 0 aliphatic heterocycles. The zero-order valence-electron chi connectivity index (χ0n) is 10.6. The lowest BCUT2D eigenvalue weighted by Gasteiger charge is -2.07. The summed E-state index contributed by atoms with van der Waals surface area (Å²) in [5, 5.41) is 14.5. The van der Waals surface area contributed by atoms with Gasteiger partial charge in [-0.25, -0.2) is 4.39 Å². The highest BCUT2D eigenvalue weighted by atomic mass is 19.1. The number of hydrogen-bond acceptors (Lipinski definition) is 3. The van der Waals surface area contributed by atoms with Crippen molar-refractivity contribution in [1.82, 2.24) is 10.6 Å². The Morgan fingerprint density at radius 2 is 2.21 bits per heavy atom. The van der Waals surface area contributed by atoms with Crippen molar-refractivity contribution >= 4 is 5.91 Å². The van der Waals surface area contributed by atoms with Crippen LogP contribution in [0.2, 0.25) is 0 Å². The Hall–Kier alpha value is -1.93. The van der Waals surface area contributed by atoms with Gasteiger partial charge in [-0.3, -0.25) is 4.79 Å². The summed E-state index contributed by atoms with van der Waals surface area (Å²) in [7, 11) is 0. The molecule has 4 nitrogen and oxygen atoms in total. The third kappa shape index (κ3) is 4.04. The number of halogens is 1. The molecule has 0 bridgehead atoms. The van der Waals surface area contributed by atoms with E-state index >= 15 is 0 Å². The van der Waals surface area contributed by atoms with Crippen molar-refractivity contribution in [2.24, 2.45) is 5.92 Å². The minimum absolute atomic E-state index is 0.117. The predicted molar refractivity (Wildman–Crippen MR) is 68.6 cm³/mol. The van der Waals surface area contributed by atoms with Gasteiger partial charge >= 0.3 is 0 Å². The molecule has 100 valence electrons. The molecule has 19 heavy (non-hydrogen) atoms. The molecule has 0 saturated heterocycles. The molecule has 0 radical (unpaired) electrons. The van der Waals surface area contributed by atoms with Crippen LogP contribution in [0.1, 0.15) is 24.0 Å². The Morgan fingerprint density at radius 1 is 1.42 bits per heavy atom. The van der Waals surface area contributed by atoms with Crippen molar-refractivity contribution < 1.29 is 9.18 Å². The van der Waals surface area contributed by atoms with Crippen LogP contribution in [-0.4, -0.2) is 19.0 Å². The van der Waals surface area contributed by atoms with E-state index in [2.05, 4.69) is 10.6 Å². The average Bonchev–Trinajstić information content (AvgIpc) is 3.24. The second kappa shape index (κ2) is 6.30. The SMILES string of the molecule is N#Cc1ccc(CNCCNC(=O)C2CC2)c(F)c1. The number of benzene rings is 1. The second-order valence-corrected chi connectivity index (χ2v) is 4.66. The first-order valence-corrected chi connectivity index (χ1v) is 6.37.